The standard InChI is InChI=1S/C12H9IN2O5S/c13-10-3-2-9(7-8(10)1-4-12(16)17)21(18,19)15-11-5-6-20-14-11/h1-7H,(H,14,15)(H,16,17). The van der Waals surface area contributed by atoms with Crippen molar-refractivity contribution >= 4 is 50.5 Å². The molecule has 1 aromatic carbocycles. The summed E-state index contributed by atoms with van der Waals surface area (Å²) in [6.45, 7) is 0. The maximum atomic E-state index is 12.2. The lowest BCUT2D eigenvalue weighted by atomic mass is 10.2. The lowest BCUT2D eigenvalue weighted by molar-refractivity contribution is -0.131. The van der Waals surface area contributed by atoms with E-state index in [0.29, 0.717) is 5.56 Å². The van der Waals surface area contributed by atoms with Gasteiger partial charge in [-0.05, 0) is 52.4 Å². The molecular formula is C12H9IN2O5S. The van der Waals surface area contributed by atoms with Crippen LogP contribution in [0.5, 0.6) is 0 Å². The molecule has 0 fully saturated rings. The molecule has 7 nitrogen and oxygen atoms in total. The van der Waals surface area contributed by atoms with E-state index in [0.717, 1.165) is 9.65 Å². The zero-order chi connectivity index (χ0) is 15.5. The molecule has 0 aliphatic heterocycles. The number of benzene rings is 1. The molecule has 110 valence electrons. The first kappa shape index (κ1) is 15.5. The Morgan fingerprint density at radius 3 is 2.76 bits per heavy atom. The minimum Gasteiger partial charge on any atom is -0.478 e. The van der Waals surface area contributed by atoms with Crippen molar-refractivity contribution in [1.29, 1.82) is 0 Å². The first-order chi connectivity index (χ1) is 9.88. The number of sulfonamides is 1. The number of halogens is 1. The van der Waals surface area contributed by atoms with Crippen molar-refractivity contribution in [2.45, 2.75) is 4.90 Å². The van der Waals surface area contributed by atoms with E-state index in [1.807, 2.05) is 22.6 Å². The van der Waals surface area contributed by atoms with Crippen LogP contribution in [0.25, 0.3) is 6.08 Å². The SMILES string of the molecule is O=C(O)C=Cc1cc(S(=O)(=O)Nc2ccon2)ccc1I. The highest BCUT2D eigenvalue weighted by Crippen LogP contribution is 2.21. The van der Waals surface area contributed by atoms with Crippen molar-refractivity contribution in [3.63, 3.8) is 0 Å². The first-order valence-corrected chi connectivity index (χ1v) is 8.08. The van der Waals surface area contributed by atoms with Crippen molar-refractivity contribution < 1.29 is 22.8 Å². The summed E-state index contributed by atoms with van der Waals surface area (Å²) in [5, 5.41) is 12.1. The van der Waals surface area contributed by atoms with Gasteiger partial charge in [-0.2, -0.15) is 0 Å². The number of nitrogens with one attached hydrogen (secondary N) is 1. The van der Waals surface area contributed by atoms with Crippen LogP contribution < -0.4 is 4.72 Å². The van der Waals surface area contributed by atoms with Crippen LogP contribution in [-0.2, 0) is 14.8 Å². The average molecular weight is 420 g/mol. The molecule has 0 radical (unpaired) electrons. The maximum absolute atomic E-state index is 12.2. The molecule has 9 heteroatoms. The number of rotatable bonds is 5. The van der Waals surface area contributed by atoms with E-state index in [2.05, 4.69) is 14.4 Å². The van der Waals surface area contributed by atoms with E-state index in [1.54, 1.807) is 6.07 Å². The third-order valence-electron chi connectivity index (χ3n) is 2.36. The number of carbonyl (C=O) groups is 1. The van der Waals surface area contributed by atoms with Crippen molar-refractivity contribution in [3.05, 3.63) is 45.7 Å². The van der Waals surface area contributed by atoms with Crippen molar-refractivity contribution in [2.24, 2.45) is 0 Å². The molecule has 0 aliphatic carbocycles. The average Bonchev–Trinajstić information content (AvgIpc) is 2.89. The van der Waals surface area contributed by atoms with Crippen LogP contribution in [0.15, 0.2) is 46.0 Å². The number of aliphatic carboxylic acids is 1. The van der Waals surface area contributed by atoms with E-state index in [4.69, 9.17) is 5.11 Å². The molecule has 0 amide bonds. The van der Waals surface area contributed by atoms with Gasteiger partial charge in [0.15, 0.2) is 5.82 Å². The van der Waals surface area contributed by atoms with Gasteiger partial charge < -0.3 is 9.63 Å². The lowest BCUT2D eigenvalue weighted by Crippen LogP contribution is -2.13. The van der Waals surface area contributed by atoms with Crippen LogP contribution in [0.2, 0.25) is 0 Å². The summed E-state index contributed by atoms with van der Waals surface area (Å²) in [5.74, 6) is -1.05. The van der Waals surface area contributed by atoms with E-state index in [9.17, 15) is 13.2 Å². The smallest absolute Gasteiger partial charge is 0.328 e. The Kier molecular flexibility index (Phi) is 4.63. The zero-order valence-corrected chi connectivity index (χ0v) is 13.3. The zero-order valence-electron chi connectivity index (χ0n) is 10.4. The molecule has 0 saturated carbocycles. The number of carboxylic acids is 1. The van der Waals surface area contributed by atoms with E-state index < -0.39 is 16.0 Å². The summed E-state index contributed by atoms with van der Waals surface area (Å²) in [6.07, 6.45) is 3.52. The summed E-state index contributed by atoms with van der Waals surface area (Å²) in [7, 11) is -3.82. The van der Waals surface area contributed by atoms with Crippen LogP contribution in [-0.4, -0.2) is 24.7 Å². The predicted molar refractivity (Wildman–Crippen MR) is 83.1 cm³/mol. The lowest BCUT2D eigenvalue weighted by Gasteiger charge is -2.07. The normalized spacial score (nSPS) is 11.7. The quantitative estimate of drug-likeness (QED) is 0.567. The van der Waals surface area contributed by atoms with Crippen LogP contribution in [0.1, 0.15) is 5.56 Å². The highest BCUT2D eigenvalue weighted by molar-refractivity contribution is 14.1. The largest absolute Gasteiger partial charge is 0.478 e. The summed E-state index contributed by atoms with van der Waals surface area (Å²) in [6, 6.07) is 5.75. The number of aromatic nitrogens is 1. The molecule has 1 heterocycles. The molecule has 2 N–H and O–H groups in total. The molecule has 0 atom stereocenters. The molecule has 21 heavy (non-hydrogen) atoms. The van der Waals surface area contributed by atoms with Crippen LogP contribution in [0.4, 0.5) is 5.82 Å². The van der Waals surface area contributed by atoms with Crippen molar-refractivity contribution in [2.75, 3.05) is 4.72 Å². The second-order valence-electron chi connectivity index (χ2n) is 3.85. The maximum Gasteiger partial charge on any atom is 0.328 e. The molecule has 0 saturated heterocycles. The Labute approximate surface area is 133 Å². The Hall–Kier alpha value is -1.88. The van der Waals surface area contributed by atoms with Gasteiger partial charge in [-0.3, -0.25) is 4.72 Å². The summed E-state index contributed by atoms with van der Waals surface area (Å²) < 4.78 is 31.9. The van der Waals surface area contributed by atoms with Gasteiger partial charge in [0.2, 0.25) is 0 Å². The van der Waals surface area contributed by atoms with E-state index in [-0.39, 0.29) is 10.7 Å². The van der Waals surface area contributed by atoms with Crippen LogP contribution in [0.3, 0.4) is 0 Å². The summed E-state index contributed by atoms with van der Waals surface area (Å²) in [4.78, 5) is 10.5. The van der Waals surface area contributed by atoms with Crippen LogP contribution >= 0.6 is 22.6 Å². The van der Waals surface area contributed by atoms with E-state index >= 15 is 0 Å². The number of anilines is 1. The Balaban J connectivity index is 2.35. The summed E-state index contributed by atoms with van der Waals surface area (Å²) >= 11 is 1.99. The van der Waals surface area contributed by atoms with Gasteiger partial charge in [0.25, 0.3) is 10.0 Å². The minimum absolute atomic E-state index is 0.00375. The molecule has 0 unspecified atom stereocenters. The Morgan fingerprint density at radius 1 is 1.38 bits per heavy atom. The fourth-order valence-corrected chi connectivity index (χ4v) is 2.98. The van der Waals surface area contributed by atoms with Gasteiger partial charge in [0, 0.05) is 15.7 Å². The molecule has 1 aromatic heterocycles. The van der Waals surface area contributed by atoms with Gasteiger partial charge in [-0.15, -0.1) is 0 Å². The second kappa shape index (κ2) is 6.26. The summed E-state index contributed by atoms with van der Waals surface area (Å²) in [5.41, 5.74) is 0.487. The fraction of sp³-hybridized carbons (Fsp3) is 0. The minimum atomic E-state index is -3.82. The Morgan fingerprint density at radius 2 is 2.14 bits per heavy atom. The predicted octanol–water partition coefficient (Wildman–Crippen LogP) is 2.18. The van der Waals surface area contributed by atoms with Crippen LogP contribution in [0, 0.1) is 3.57 Å². The number of hydrogen-bond donors (Lipinski definition) is 2. The Bertz CT molecular complexity index is 784. The number of hydrogen-bond acceptors (Lipinski definition) is 5. The van der Waals surface area contributed by atoms with Gasteiger partial charge in [-0.1, -0.05) is 5.16 Å². The molecule has 0 bridgehead atoms. The topological polar surface area (TPSA) is 110 Å². The molecule has 0 spiro atoms. The monoisotopic (exact) mass is 420 g/mol. The molecule has 2 aromatic rings. The highest BCUT2D eigenvalue weighted by Gasteiger charge is 2.16. The third-order valence-corrected chi connectivity index (χ3v) is 4.69. The molecular weight excluding hydrogens is 411 g/mol. The number of nitrogens with zero attached hydrogens (tertiary/aromatic N) is 1. The first-order valence-electron chi connectivity index (χ1n) is 5.52. The van der Waals surface area contributed by atoms with Gasteiger partial charge in [0.05, 0.1) is 4.90 Å². The van der Waals surface area contributed by atoms with Gasteiger partial charge >= 0.3 is 5.97 Å². The van der Waals surface area contributed by atoms with Crippen molar-refractivity contribution in [3.8, 4) is 0 Å². The molecule has 0 aliphatic rings. The number of carboxylic acid groups (broad SMARTS) is 1. The molecule has 2 rings (SSSR count). The highest BCUT2D eigenvalue weighted by atomic mass is 127. The second-order valence-corrected chi connectivity index (χ2v) is 6.69. The van der Waals surface area contributed by atoms with Crippen molar-refractivity contribution in [1.82, 2.24) is 5.16 Å². The fourth-order valence-electron chi connectivity index (χ4n) is 1.44. The van der Waals surface area contributed by atoms with Gasteiger partial charge in [-0.25, -0.2) is 13.2 Å². The van der Waals surface area contributed by atoms with E-state index in [1.165, 1.54) is 30.5 Å². The van der Waals surface area contributed by atoms with Gasteiger partial charge in [0.1, 0.15) is 6.26 Å². The third kappa shape index (κ3) is 4.04.